The molecule has 0 atom stereocenters. The Kier molecular flexibility index (Phi) is 5.51. The summed E-state index contributed by atoms with van der Waals surface area (Å²) >= 11 is 1.54. The van der Waals surface area contributed by atoms with Crippen LogP contribution in [0.5, 0.6) is 0 Å². The van der Waals surface area contributed by atoms with Gasteiger partial charge in [0.1, 0.15) is 0 Å². The van der Waals surface area contributed by atoms with Crippen molar-refractivity contribution in [3.05, 3.63) is 11.1 Å². The maximum Gasteiger partial charge on any atom is 0.225 e. The fraction of sp³-hybridized carbons (Fsp3) is 0.714. The van der Waals surface area contributed by atoms with Gasteiger partial charge in [-0.2, -0.15) is 0 Å². The summed E-state index contributed by atoms with van der Waals surface area (Å²) in [6.07, 6.45) is 2.39. The van der Waals surface area contributed by atoms with E-state index >= 15 is 0 Å². The molecular weight excluding hydrogens is 272 g/mol. The zero-order valence-electron chi connectivity index (χ0n) is 12.6. The molecule has 0 spiro atoms. The SMILES string of the molecule is CCN(C(C)=O)c1nc(CNC2CCN(C)CC2)cs1. The van der Waals surface area contributed by atoms with Crippen LogP contribution in [-0.2, 0) is 11.3 Å². The molecule has 1 aliphatic rings. The van der Waals surface area contributed by atoms with Crippen LogP contribution < -0.4 is 10.2 Å². The van der Waals surface area contributed by atoms with Crippen molar-refractivity contribution in [1.82, 2.24) is 15.2 Å². The highest BCUT2D eigenvalue weighted by atomic mass is 32.1. The minimum Gasteiger partial charge on any atom is -0.308 e. The highest BCUT2D eigenvalue weighted by Gasteiger charge is 2.17. The Labute approximate surface area is 125 Å². The highest BCUT2D eigenvalue weighted by molar-refractivity contribution is 7.14. The average Bonchev–Trinajstić information content (AvgIpc) is 2.87. The predicted octanol–water partition coefficient (Wildman–Crippen LogP) is 1.70. The van der Waals surface area contributed by atoms with Crippen LogP contribution in [0.25, 0.3) is 0 Å². The Balaban J connectivity index is 1.85. The zero-order valence-corrected chi connectivity index (χ0v) is 13.4. The van der Waals surface area contributed by atoms with E-state index in [-0.39, 0.29) is 5.91 Å². The largest absolute Gasteiger partial charge is 0.308 e. The van der Waals surface area contributed by atoms with Crippen LogP contribution in [0.4, 0.5) is 5.13 Å². The van der Waals surface area contributed by atoms with E-state index in [9.17, 15) is 4.79 Å². The number of likely N-dealkylation sites (tertiary alicyclic amines) is 1. The van der Waals surface area contributed by atoms with Crippen molar-refractivity contribution in [3.63, 3.8) is 0 Å². The number of anilines is 1. The third kappa shape index (κ3) is 4.01. The number of nitrogens with zero attached hydrogens (tertiary/aromatic N) is 3. The van der Waals surface area contributed by atoms with Gasteiger partial charge in [-0.15, -0.1) is 11.3 Å². The normalized spacial score (nSPS) is 17.4. The lowest BCUT2D eigenvalue weighted by atomic mass is 10.1. The number of hydrogen-bond donors (Lipinski definition) is 1. The minimum absolute atomic E-state index is 0.0525. The zero-order chi connectivity index (χ0) is 14.5. The van der Waals surface area contributed by atoms with E-state index in [1.807, 2.05) is 12.3 Å². The first-order valence-electron chi connectivity index (χ1n) is 7.24. The summed E-state index contributed by atoms with van der Waals surface area (Å²) in [4.78, 5) is 20.1. The average molecular weight is 296 g/mol. The third-order valence-corrected chi connectivity index (χ3v) is 4.67. The van der Waals surface area contributed by atoms with E-state index in [1.165, 1.54) is 12.8 Å². The van der Waals surface area contributed by atoms with Gasteiger partial charge in [0, 0.05) is 31.4 Å². The van der Waals surface area contributed by atoms with Crippen molar-refractivity contribution in [2.75, 3.05) is 31.6 Å². The number of thiazole rings is 1. The molecule has 1 saturated heterocycles. The molecule has 1 fully saturated rings. The van der Waals surface area contributed by atoms with Gasteiger partial charge in [0.15, 0.2) is 5.13 Å². The summed E-state index contributed by atoms with van der Waals surface area (Å²) in [6, 6.07) is 0.589. The highest BCUT2D eigenvalue weighted by Crippen LogP contribution is 2.20. The molecule has 112 valence electrons. The summed E-state index contributed by atoms with van der Waals surface area (Å²) in [5, 5.41) is 6.42. The summed E-state index contributed by atoms with van der Waals surface area (Å²) in [5.41, 5.74) is 1.03. The Bertz CT molecular complexity index is 440. The first-order valence-corrected chi connectivity index (χ1v) is 8.12. The van der Waals surface area contributed by atoms with Crippen LogP contribution in [0.15, 0.2) is 5.38 Å². The Hall–Kier alpha value is -0.980. The number of nitrogens with one attached hydrogen (secondary N) is 1. The molecule has 0 bridgehead atoms. The molecule has 0 aliphatic carbocycles. The molecule has 20 heavy (non-hydrogen) atoms. The fourth-order valence-corrected chi connectivity index (χ4v) is 3.39. The lowest BCUT2D eigenvalue weighted by molar-refractivity contribution is -0.116. The Morgan fingerprint density at radius 1 is 1.55 bits per heavy atom. The second-order valence-corrected chi connectivity index (χ2v) is 6.18. The molecular formula is C14H24N4OS. The molecule has 2 heterocycles. The van der Waals surface area contributed by atoms with Crippen molar-refractivity contribution < 1.29 is 4.79 Å². The number of piperidine rings is 1. The second kappa shape index (κ2) is 7.15. The molecule has 0 saturated carbocycles. The maximum absolute atomic E-state index is 11.5. The molecule has 5 nitrogen and oxygen atoms in total. The van der Waals surface area contributed by atoms with Crippen LogP contribution in [-0.4, -0.2) is 48.5 Å². The minimum atomic E-state index is 0.0525. The third-order valence-electron chi connectivity index (χ3n) is 3.76. The second-order valence-electron chi connectivity index (χ2n) is 5.34. The number of carbonyl (C=O) groups is 1. The molecule has 1 amide bonds. The van der Waals surface area contributed by atoms with Crippen molar-refractivity contribution in [2.24, 2.45) is 0 Å². The Morgan fingerprint density at radius 3 is 2.85 bits per heavy atom. The van der Waals surface area contributed by atoms with Gasteiger partial charge < -0.3 is 10.2 Å². The quantitative estimate of drug-likeness (QED) is 0.898. The van der Waals surface area contributed by atoms with Crippen LogP contribution >= 0.6 is 11.3 Å². The molecule has 1 aromatic rings. The number of carbonyl (C=O) groups excluding carboxylic acids is 1. The van der Waals surface area contributed by atoms with Crippen molar-refractivity contribution in [2.45, 2.75) is 39.3 Å². The van der Waals surface area contributed by atoms with E-state index in [1.54, 1.807) is 23.2 Å². The fourth-order valence-electron chi connectivity index (χ4n) is 2.46. The van der Waals surface area contributed by atoms with Crippen molar-refractivity contribution in [1.29, 1.82) is 0 Å². The summed E-state index contributed by atoms with van der Waals surface area (Å²) < 4.78 is 0. The molecule has 0 aromatic carbocycles. The van der Waals surface area contributed by atoms with Gasteiger partial charge in [0.05, 0.1) is 5.69 Å². The van der Waals surface area contributed by atoms with E-state index < -0.39 is 0 Å². The summed E-state index contributed by atoms with van der Waals surface area (Å²) in [6.45, 7) is 7.34. The van der Waals surface area contributed by atoms with Crippen molar-refractivity contribution >= 4 is 22.4 Å². The van der Waals surface area contributed by atoms with Crippen LogP contribution in [0.3, 0.4) is 0 Å². The van der Waals surface area contributed by atoms with E-state index in [2.05, 4.69) is 22.2 Å². The number of aromatic nitrogens is 1. The first-order chi connectivity index (χ1) is 9.60. The van der Waals surface area contributed by atoms with Gasteiger partial charge in [-0.05, 0) is 39.9 Å². The molecule has 0 radical (unpaired) electrons. The topological polar surface area (TPSA) is 48.5 Å². The van der Waals surface area contributed by atoms with Crippen LogP contribution in [0.2, 0.25) is 0 Å². The van der Waals surface area contributed by atoms with Gasteiger partial charge in [-0.3, -0.25) is 9.69 Å². The first kappa shape index (κ1) is 15.4. The van der Waals surface area contributed by atoms with E-state index in [0.717, 1.165) is 30.5 Å². The Morgan fingerprint density at radius 2 is 2.25 bits per heavy atom. The van der Waals surface area contributed by atoms with E-state index in [0.29, 0.717) is 12.6 Å². The van der Waals surface area contributed by atoms with Crippen LogP contribution in [0.1, 0.15) is 32.4 Å². The van der Waals surface area contributed by atoms with Crippen molar-refractivity contribution in [3.8, 4) is 0 Å². The molecule has 1 aliphatic heterocycles. The number of amides is 1. The molecule has 2 rings (SSSR count). The smallest absolute Gasteiger partial charge is 0.225 e. The molecule has 6 heteroatoms. The predicted molar refractivity (Wildman–Crippen MR) is 83.2 cm³/mol. The van der Waals surface area contributed by atoms with Gasteiger partial charge in [0.25, 0.3) is 0 Å². The lowest BCUT2D eigenvalue weighted by Crippen LogP contribution is -2.40. The molecule has 1 N–H and O–H groups in total. The number of rotatable bonds is 5. The van der Waals surface area contributed by atoms with Gasteiger partial charge in [0.2, 0.25) is 5.91 Å². The maximum atomic E-state index is 11.5. The standard InChI is InChI=1S/C14H24N4OS/c1-4-18(11(2)19)14-16-13(10-20-14)9-15-12-5-7-17(3)8-6-12/h10,12,15H,4-9H2,1-3H3. The van der Waals surface area contributed by atoms with Gasteiger partial charge >= 0.3 is 0 Å². The van der Waals surface area contributed by atoms with Gasteiger partial charge in [-0.1, -0.05) is 0 Å². The molecule has 1 aromatic heterocycles. The van der Waals surface area contributed by atoms with Gasteiger partial charge in [-0.25, -0.2) is 4.98 Å². The monoisotopic (exact) mass is 296 g/mol. The number of hydrogen-bond acceptors (Lipinski definition) is 5. The van der Waals surface area contributed by atoms with E-state index in [4.69, 9.17) is 0 Å². The lowest BCUT2D eigenvalue weighted by Gasteiger charge is -2.29. The van der Waals surface area contributed by atoms with Crippen LogP contribution in [0, 0.1) is 0 Å². The summed E-state index contributed by atoms with van der Waals surface area (Å²) in [5.74, 6) is 0.0525. The molecule has 0 unspecified atom stereocenters. The summed E-state index contributed by atoms with van der Waals surface area (Å²) in [7, 11) is 2.17.